The molecule has 1 N–H and O–H groups in total. The van der Waals surface area contributed by atoms with E-state index < -0.39 is 0 Å². The SMILES string of the molecule is CCOC(=O)[C@H]1CCC[C@H](C[C@H](C)O)N1[C@@H](C)c1ccccc1. The molecule has 1 aromatic rings. The largest absolute Gasteiger partial charge is 0.465 e. The highest BCUT2D eigenvalue weighted by Gasteiger charge is 2.39. The molecule has 4 nitrogen and oxygen atoms in total. The van der Waals surface area contributed by atoms with Crippen LogP contribution in [0.2, 0.25) is 0 Å². The highest BCUT2D eigenvalue weighted by Crippen LogP contribution is 2.34. The van der Waals surface area contributed by atoms with Gasteiger partial charge in [-0.3, -0.25) is 9.69 Å². The second kappa shape index (κ2) is 8.46. The minimum atomic E-state index is -0.369. The quantitative estimate of drug-likeness (QED) is 0.817. The van der Waals surface area contributed by atoms with Crippen LogP contribution in [0.4, 0.5) is 0 Å². The lowest BCUT2D eigenvalue weighted by Crippen LogP contribution is -2.52. The zero-order chi connectivity index (χ0) is 16.8. The summed E-state index contributed by atoms with van der Waals surface area (Å²) >= 11 is 0. The number of hydrogen-bond acceptors (Lipinski definition) is 4. The first-order valence-corrected chi connectivity index (χ1v) is 8.71. The third-order valence-corrected chi connectivity index (χ3v) is 4.70. The molecule has 1 aromatic carbocycles. The van der Waals surface area contributed by atoms with Crippen LogP contribution >= 0.6 is 0 Å². The molecule has 1 fully saturated rings. The summed E-state index contributed by atoms with van der Waals surface area (Å²) in [6.07, 6.45) is 3.16. The lowest BCUT2D eigenvalue weighted by Gasteiger charge is -2.45. The van der Waals surface area contributed by atoms with Gasteiger partial charge in [0.1, 0.15) is 6.04 Å². The topological polar surface area (TPSA) is 49.8 Å². The Hall–Kier alpha value is -1.39. The van der Waals surface area contributed by atoms with E-state index in [-0.39, 0.29) is 30.2 Å². The van der Waals surface area contributed by atoms with Crippen molar-refractivity contribution in [3.8, 4) is 0 Å². The van der Waals surface area contributed by atoms with Crippen molar-refractivity contribution in [1.29, 1.82) is 0 Å². The Balaban J connectivity index is 2.28. The Labute approximate surface area is 139 Å². The molecule has 1 saturated heterocycles. The third kappa shape index (κ3) is 4.55. The number of aliphatic hydroxyl groups is 1. The zero-order valence-corrected chi connectivity index (χ0v) is 14.4. The van der Waals surface area contributed by atoms with Crippen molar-refractivity contribution in [2.75, 3.05) is 6.61 Å². The summed E-state index contributed by atoms with van der Waals surface area (Å²) in [4.78, 5) is 14.7. The molecule has 2 rings (SSSR count). The van der Waals surface area contributed by atoms with Crippen LogP contribution in [0.15, 0.2) is 30.3 Å². The van der Waals surface area contributed by atoms with E-state index in [1.54, 1.807) is 0 Å². The second-order valence-corrected chi connectivity index (χ2v) is 6.47. The predicted octanol–water partition coefficient (Wildman–Crippen LogP) is 3.30. The van der Waals surface area contributed by atoms with Crippen LogP contribution in [0, 0.1) is 0 Å². The van der Waals surface area contributed by atoms with Gasteiger partial charge in [-0.1, -0.05) is 30.3 Å². The van der Waals surface area contributed by atoms with Gasteiger partial charge in [-0.05, 0) is 52.0 Å². The van der Waals surface area contributed by atoms with Crippen molar-refractivity contribution in [1.82, 2.24) is 4.90 Å². The summed E-state index contributed by atoms with van der Waals surface area (Å²) < 4.78 is 5.31. The molecule has 4 atom stereocenters. The van der Waals surface area contributed by atoms with Gasteiger partial charge in [0.25, 0.3) is 0 Å². The number of likely N-dealkylation sites (tertiary alicyclic amines) is 1. The van der Waals surface area contributed by atoms with E-state index in [0.29, 0.717) is 13.0 Å². The van der Waals surface area contributed by atoms with Crippen LogP contribution in [0.3, 0.4) is 0 Å². The van der Waals surface area contributed by atoms with Crippen molar-refractivity contribution >= 4 is 5.97 Å². The number of hydrogen-bond donors (Lipinski definition) is 1. The Morgan fingerprint density at radius 3 is 2.61 bits per heavy atom. The fourth-order valence-electron chi connectivity index (χ4n) is 3.70. The molecule has 0 unspecified atom stereocenters. The van der Waals surface area contributed by atoms with Crippen molar-refractivity contribution < 1.29 is 14.6 Å². The van der Waals surface area contributed by atoms with E-state index in [0.717, 1.165) is 19.3 Å². The molecule has 1 heterocycles. The van der Waals surface area contributed by atoms with Crippen LogP contribution in [-0.2, 0) is 9.53 Å². The van der Waals surface area contributed by atoms with Gasteiger partial charge in [0.05, 0.1) is 12.7 Å². The lowest BCUT2D eigenvalue weighted by atomic mass is 9.89. The maximum absolute atomic E-state index is 12.4. The van der Waals surface area contributed by atoms with E-state index >= 15 is 0 Å². The Bertz CT molecular complexity index is 489. The molecule has 1 aliphatic rings. The highest BCUT2D eigenvalue weighted by molar-refractivity contribution is 5.76. The summed E-state index contributed by atoms with van der Waals surface area (Å²) in [6.45, 7) is 6.21. The Morgan fingerprint density at radius 1 is 1.30 bits per heavy atom. The van der Waals surface area contributed by atoms with E-state index in [1.165, 1.54) is 5.56 Å². The number of carbonyl (C=O) groups is 1. The van der Waals surface area contributed by atoms with Gasteiger partial charge in [-0.2, -0.15) is 0 Å². The summed E-state index contributed by atoms with van der Waals surface area (Å²) in [6, 6.07) is 10.4. The second-order valence-electron chi connectivity index (χ2n) is 6.47. The van der Waals surface area contributed by atoms with Gasteiger partial charge in [0.15, 0.2) is 0 Å². The fourth-order valence-corrected chi connectivity index (χ4v) is 3.70. The molecule has 1 aliphatic heterocycles. The number of nitrogens with zero attached hydrogens (tertiary/aromatic N) is 1. The molecular weight excluding hydrogens is 290 g/mol. The average molecular weight is 319 g/mol. The van der Waals surface area contributed by atoms with Crippen molar-refractivity contribution in [2.45, 2.75) is 70.7 Å². The van der Waals surface area contributed by atoms with Crippen LogP contribution < -0.4 is 0 Å². The summed E-state index contributed by atoms with van der Waals surface area (Å²) in [5.74, 6) is -0.134. The molecule has 0 aromatic heterocycles. The lowest BCUT2D eigenvalue weighted by molar-refractivity contribution is -0.154. The molecule has 0 aliphatic carbocycles. The van der Waals surface area contributed by atoms with Gasteiger partial charge in [0, 0.05) is 12.1 Å². The summed E-state index contributed by atoms with van der Waals surface area (Å²) in [5.41, 5.74) is 1.19. The maximum Gasteiger partial charge on any atom is 0.323 e. The molecule has 0 bridgehead atoms. The molecule has 0 saturated carbocycles. The van der Waals surface area contributed by atoms with Gasteiger partial charge in [0.2, 0.25) is 0 Å². The first kappa shape index (κ1) is 18.0. The van der Waals surface area contributed by atoms with Crippen LogP contribution in [0.5, 0.6) is 0 Å². The van der Waals surface area contributed by atoms with Crippen molar-refractivity contribution in [3.05, 3.63) is 35.9 Å². The first-order chi connectivity index (χ1) is 11.0. The number of carbonyl (C=O) groups excluding carboxylic acids is 1. The number of esters is 1. The predicted molar refractivity (Wildman–Crippen MR) is 91.1 cm³/mol. The van der Waals surface area contributed by atoms with Crippen LogP contribution in [-0.4, -0.2) is 40.8 Å². The van der Waals surface area contributed by atoms with E-state index in [1.807, 2.05) is 32.0 Å². The molecule has 0 radical (unpaired) electrons. The third-order valence-electron chi connectivity index (χ3n) is 4.70. The number of rotatable bonds is 6. The van der Waals surface area contributed by atoms with Gasteiger partial charge in [-0.25, -0.2) is 0 Å². The standard InChI is InChI=1S/C19H29NO3/c1-4-23-19(22)18-12-8-11-17(13-14(2)21)20(18)15(3)16-9-6-5-7-10-16/h5-7,9-10,14-15,17-18,21H,4,8,11-13H2,1-3H3/t14-,15-,17+,18+/m0/s1. The monoisotopic (exact) mass is 319 g/mol. The molecule has 0 spiro atoms. The maximum atomic E-state index is 12.4. The molecular formula is C19H29NO3. The van der Waals surface area contributed by atoms with Crippen LogP contribution in [0.25, 0.3) is 0 Å². The smallest absolute Gasteiger partial charge is 0.323 e. The summed E-state index contributed by atoms with van der Waals surface area (Å²) in [7, 11) is 0. The minimum absolute atomic E-state index is 0.120. The molecule has 23 heavy (non-hydrogen) atoms. The van der Waals surface area contributed by atoms with Gasteiger partial charge < -0.3 is 9.84 Å². The Kier molecular flexibility index (Phi) is 6.60. The van der Waals surface area contributed by atoms with E-state index in [4.69, 9.17) is 4.74 Å². The molecule has 128 valence electrons. The van der Waals surface area contributed by atoms with Crippen molar-refractivity contribution in [3.63, 3.8) is 0 Å². The minimum Gasteiger partial charge on any atom is -0.465 e. The highest BCUT2D eigenvalue weighted by atomic mass is 16.5. The van der Waals surface area contributed by atoms with Gasteiger partial charge in [-0.15, -0.1) is 0 Å². The zero-order valence-electron chi connectivity index (χ0n) is 14.4. The van der Waals surface area contributed by atoms with Crippen LogP contribution in [0.1, 0.15) is 58.1 Å². The molecule has 0 amide bonds. The van der Waals surface area contributed by atoms with E-state index in [2.05, 4.69) is 24.0 Å². The number of piperidine rings is 1. The average Bonchev–Trinajstić information content (AvgIpc) is 2.54. The first-order valence-electron chi connectivity index (χ1n) is 8.71. The number of aliphatic hydroxyl groups excluding tert-OH is 1. The number of ether oxygens (including phenoxy) is 1. The number of benzene rings is 1. The van der Waals surface area contributed by atoms with Crippen molar-refractivity contribution in [2.24, 2.45) is 0 Å². The van der Waals surface area contributed by atoms with Gasteiger partial charge >= 0.3 is 5.97 Å². The van der Waals surface area contributed by atoms with E-state index in [9.17, 15) is 9.90 Å². The normalized spacial score (nSPS) is 24.9. The fraction of sp³-hybridized carbons (Fsp3) is 0.632. The summed E-state index contributed by atoms with van der Waals surface area (Å²) in [5, 5.41) is 9.86. The Morgan fingerprint density at radius 2 is 2.00 bits per heavy atom. The molecule has 4 heteroatoms.